The second kappa shape index (κ2) is 9.99. The number of nitrogens with zero attached hydrogens (tertiary/aromatic N) is 5. The third kappa shape index (κ3) is 4.31. The molecule has 3 aromatic heterocycles. The normalized spacial score (nSPS) is 11.2. The van der Waals surface area contributed by atoms with E-state index in [4.69, 9.17) is 0 Å². The van der Waals surface area contributed by atoms with E-state index in [0.29, 0.717) is 24.2 Å². The van der Waals surface area contributed by atoms with Gasteiger partial charge in [0.2, 0.25) is 5.82 Å². The van der Waals surface area contributed by atoms with Gasteiger partial charge in [-0.2, -0.15) is 5.21 Å². The van der Waals surface area contributed by atoms with E-state index in [2.05, 4.69) is 27.5 Å². The summed E-state index contributed by atoms with van der Waals surface area (Å²) in [6.45, 7) is 2.12. The van der Waals surface area contributed by atoms with Crippen LogP contribution < -0.4 is 5.56 Å². The van der Waals surface area contributed by atoms with Gasteiger partial charge in [-0.3, -0.25) is 4.79 Å². The minimum Gasteiger partial charge on any atom is -0.477 e. The van der Waals surface area contributed by atoms with E-state index in [1.807, 2.05) is 48.5 Å². The summed E-state index contributed by atoms with van der Waals surface area (Å²) >= 11 is 0. The van der Waals surface area contributed by atoms with E-state index in [0.717, 1.165) is 47.2 Å². The third-order valence-corrected chi connectivity index (χ3v) is 6.39. The summed E-state index contributed by atoms with van der Waals surface area (Å²) in [4.78, 5) is 25.3. The third-order valence-electron chi connectivity index (χ3n) is 6.39. The molecular weight excluding hydrogens is 456 g/mol. The number of carbonyl (C=O) groups is 1. The number of fused-ring (bicyclic) bond motifs is 1. The zero-order valence-electron chi connectivity index (χ0n) is 19.9. The van der Waals surface area contributed by atoms with Crippen molar-refractivity contribution in [2.45, 2.75) is 39.0 Å². The molecule has 0 aliphatic rings. The number of unbranched alkanes of at least 4 members (excludes halogenated alkanes) is 2. The number of hydrogen-bond donors (Lipinski definition) is 2. The summed E-state index contributed by atoms with van der Waals surface area (Å²) in [6.07, 6.45) is 5.61. The standard InChI is InChI=1S/C27H26N6O3/c1-2-3-4-10-23-22(26(34)32-16-7-11-24(27(35)36)33(23)32)17-18-12-14-19(15-13-18)20-8-5-6-9-21(20)25-28-30-31-29-25/h5-9,11-16H,2-4,10,17H2,1H3,(H,35,36)(H,28,29,30,31). The first-order valence-electron chi connectivity index (χ1n) is 12.0. The molecule has 2 aromatic carbocycles. The quantitative estimate of drug-likeness (QED) is 0.303. The minimum absolute atomic E-state index is 0.0840. The van der Waals surface area contributed by atoms with Crippen LogP contribution in [0.5, 0.6) is 0 Å². The van der Waals surface area contributed by atoms with Crippen molar-refractivity contribution in [2.24, 2.45) is 0 Å². The number of tetrazole rings is 1. The molecule has 5 aromatic rings. The van der Waals surface area contributed by atoms with Crippen LogP contribution in [0.15, 0.2) is 71.7 Å². The highest BCUT2D eigenvalue weighted by molar-refractivity contribution is 5.85. The molecular formula is C27H26N6O3. The number of aromatic carboxylic acids is 1. The zero-order valence-corrected chi connectivity index (χ0v) is 19.9. The number of carboxylic acid groups (broad SMARTS) is 1. The average Bonchev–Trinajstić information content (AvgIpc) is 3.53. The molecule has 0 aliphatic heterocycles. The Bertz CT molecular complexity index is 1570. The summed E-state index contributed by atoms with van der Waals surface area (Å²) in [6, 6.07) is 19.0. The van der Waals surface area contributed by atoms with Crippen molar-refractivity contribution in [1.82, 2.24) is 29.7 Å². The van der Waals surface area contributed by atoms with Gasteiger partial charge in [-0.15, -0.1) is 10.2 Å². The van der Waals surface area contributed by atoms with E-state index < -0.39 is 5.97 Å². The van der Waals surface area contributed by atoms with E-state index in [1.54, 1.807) is 16.8 Å². The largest absolute Gasteiger partial charge is 0.477 e. The Hall–Kier alpha value is -4.53. The Labute approximate surface area is 207 Å². The van der Waals surface area contributed by atoms with E-state index in [9.17, 15) is 14.7 Å². The number of rotatable bonds is 9. The fourth-order valence-electron chi connectivity index (χ4n) is 4.64. The van der Waals surface area contributed by atoms with Gasteiger partial charge in [0.05, 0.1) is 5.69 Å². The van der Waals surface area contributed by atoms with Gasteiger partial charge in [-0.25, -0.2) is 13.8 Å². The minimum atomic E-state index is -1.06. The van der Waals surface area contributed by atoms with Crippen LogP contribution in [0.25, 0.3) is 22.5 Å². The molecule has 9 nitrogen and oxygen atoms in total. The molecule has 0 aliphatic carbocycles. The number of carboxylic acids is 1. The molecule has 0 fully saturated rings. The monoisotopic (exact) mass is 482 g/mol. The first kappa shape index (κ1) is 23.2. The van der Waals surface area contributed by atoms with Gasteiger partial charge >= 0.3 is 5.97 Å². The Balaban J connectivity index is 1.52. The van der Waals surface area contributed by atoms with E-state index in [-0.39, 0.29) is 11.3 Å². The number of aryl methyl sites for hydroxylation is 1. The van der Waals surface area contributed by atoms with Gasteiger partial charge in [-0.1, -0.05) is 68.3 Å². The lowest BCUT2D eigenvalue weighted by Crippen LogP contribution is -2.17. The van der Waals surface area contributed by atoms with Crippen molar-refractivity contribution < 1.29 is 9.90 Å². The average molecular weight is 483 g/mol. The molecule has 0 spiro atoms. The van der Waals surface area contributed by atoms with Crippen LogP contribution >= 0.6 is 0 Å². The number of hydrogen-bond acceptors (Lipinski definition) is 5. The number of nitrogens with one attached hydrogen (secondary N) is 1. The highest BCUT2D eigenvalue weighted by atomic mass is 16.4. The lowest BCUT2D eigenvalue weighted by atomic mass is 9.96. The number of aromatic amines is 1. The highest BCUT2D eigenvalue weighted by Crippen LogP contribution is 2.30. The first-order chi connectivity index (χ1) is 17.6. The van der Waals surface area contributed by atoms with Crippen molar-refractivity contribution in [3.63, 3.8) is 0 Å². The molecule has 0 saturated heterocycles. The molecule has 0 atom stereocenters. The SMILES string of the molecule is CCCCCc1c(Cc2ccc(-c3ccccc3-c3nn[nH]n3)cc2)c(=O)n2cccc(C(=O)O)n12. The van der Waals surface area contributed by atoms with Crippen molar-refractivity contribution >= 4 is 5.97 Å². The molecule has 0 unspecified atom stereocenters. The van der Waals surface area contributed by atoms with Gasteiger partial charge in [-0.05, 0) is 46.9 Å². The molecule has 3 heterocycles. The van der Waals surface area contributed by atoms with Crippen LogP contribution in [0.3, 0.4) is 0 Å². The van der Waals surface area contributed by atoms with Gasteiger partial charge in [0.25, 0.3) is 5.56 Å². The Morgan fingerprint density at radius 1 is 1.00 bits per heavy atom. The molecule has 0 bridgehead atoms. The van der Waals surface area contributed by atoms with Crippen molar-refractivity contribution in [2.75, 3.05) is 0 Å². The van der Waals surface area contributed by atoms with Gasteiger partial charge in [0.1, 0.15) is 5.69 Å². The van der Waals surface area contributed by atoms with Crippen LogP contribution in [-0.2, 0) is 12.8 Å². The topological polar surface area (TPSA) is 118 Å². The maximum atomic E-state index is 13.4. The summed E-state index contributed by atoms with van der Waals surface area (Å²) in [5, 5.41) is 24.1. The second-order valence-electron chi connectivity index (χ2n) is 8.70. The van der Waals surface area contributed by atoms with Crippen LogP contribution in [0, 0.1) is 0 Å². The Kier molecular flexibility index (Phi) is 6.44. The lowest BCUT2D eigenvalue weighted by Gasteiger charge is -2.10. The molecule has 9 heteroatoms. The maximum absolute atomic E-state index is 13.4. The molecule has 182 valence electrons. The molecule has 5 rings (SSSR count). The van der Waals surface area contributed by atoms with E-state index >= 15 is 0 Å². The van der Waals surface area contributed by atoms with Gasteiger partial charge < -0.3 is 5.11 Å². The maximum Gasteiger partial charge on any atom is 0.354 e. The molecule has 0 amide bonds. The summed E-state index contributed by atoms with van der Waals surface area (Å²) in [5.41, 5.74) is 5.11. The molecule has 2 N–H and O–H groups in total. The second-order valence-corrected chi connectivity index (χ2v) is 8.70. The van der Waals surface area contributed by atoms with Gasteiger partial charge in [0, 0.05) is 23.7 Å². The fraction of sp³-hybridized carbons (Fsp3) is 0.222. The Morgan fingerprint density at radius 2 is 1.78 bits per heavy atom. The molecule has 0 saturated carbocycles. The summed E-state index contributed by atoms with van der Waals surface area (Å²) in [7, 11) is 0. The Morgan fingerprint density at radius 3 is 2.47 bits per heavy atom. The highest BCUT2D eigenvalue weighted by Gasteiger charge is 2.20. The zero-order chi connectivity index (χ0) is 25.1. The predicted octanol–water partition coefficient (Wildman–Crippen LogP) is 4.27. The predicted molar refractivity (Wildman–Crippen MR) is 135 cm³/mol. The van der Waals surface area contributed by atoms with E-state index in [1.165, 1.54) is 10.6 Å². The van der Waals surface area contributed by atoms with Crippen molar-refractivity contribution in [3.8, 4) is 22.5 Å². The molecule has 0 radical (unpaired) electrons. The van der Waals surface area contributed by atoms with Crippen molar-refractivity contribution in [1.29, 1.82) is 0 Å². The molecule has 36 heavy (non-hydrogen) atoms. The van der Waals surface area contributed by atoms with Crippen molar-refractivity contribution in [3.05, 3.63) is 99.7 Å². The van der Waals surface area contributed by atoms with Gasteiger partial charge in [0.15, 0.2) is 0 Å². The number of benzene rings is 2. The number of H-pyrrole nitrogens is 1. The summed E-state index contributed by atoms with van der Waals surface area (Å²) in [5.74, 6) is -0.537. The smallest absolute Gasteiger partial charge is 0.354 e. The number of aromatic nitrogens is 6. The first-order valence-corrected chi connectivity index (χ1v) is 12.0. The fourth-order valence-corrected chi connectivity index (χ4v) is 4.64. The summed E-state index contributed by atoms with van der Waals surface area (Å²) < 4.78 is 2.97. The van der Waals surface area contributed by atoms with Crippen LogP contribution in [0.1, 0.15) is 53.5 Å². The van der Waals surface area contributed by atoms with Crippen LogP contribution in [0.4, 0.5) is 0 Å². The van der Waals surface area contributed by atoms with Crippen LogP contribution in [0.2, 0.25) is 0 Å². The lowest BCUT2D eigenvalue weighted by molar-refractivity contribution is 0.0685. The van der Waals surface area contributed by atoms with Crippen LogP contribution in [-0.4, -0.2) is 40.7 Å².